The third-order valence-corrected chi connectivity index (χ3v) is 5.44. The van der Waals surface area contributed by atoms with Crippen LogP contribution in [0.2, 0.25) is 5.02 Å². The molecule has 0 bridgehead atoms. The molecule has 154 valence electrons. The van der Waals surface area contributed by atoms with Gasteiger partial charge in [0.15, 0.2) is 6.54 Å². The molecule has 0 radical (unpaired) electrons. The molecule has 2 fully saturated rings. The molecular formula is C19H27ClN3O5+. The summed E-state index contributed by atoms with van der Waals surface area (Å²) in [5.74, 6) is 0.892. The lowest BCUT2D eigenvalue weighted by Gasteiger charge is -2.33. The van der Waals surface area contributed by atoms with Gasteiger partial charge in [-0.1, -0.05) is 11.6 Å². The molecule has 1 aromatic carbocycles. The van der Waals surface area contributed by atoms with E-state index in [0.29, 0.717) is 48.5 Å². The number of carbonyl (C=O) groups is 2. The van der Waals surface area contributed by atoms with Crippen molar-refractivity contribution in [3.05, 3.63) is 17.2 Å². The number of hydrogen-bond donors (Lipinski definition) is 2. The monoisotopic (exact) mass is 412 g/mol. The number of benzene rings is 1. The van der Waals surface area contributed by atoms with Crippen molar-refractivity contribution in [1.29, 1.82) is 0 Å². The predicted molar refractivity (Wildman–Crippen MR) is 104 cm³/mol. The molecule has 2 heterocycles. The molecule has 0 unspecified atom stereocenters. The fourth-order valence-corrected chi connectivity index (χ4v) is 3.81. The Bertz CT molecular complexity index is 716. The highest BCUT2D eigenvalue weighted by molar-refractivity contribution is 6.32. The molecule has 0 aromatic heterocycles. The highest BCUT2D eigenvalue weighted by Crippen LogP contribution is 2.35. The Labute approximate surface area is 169 Å². The van der Waals surface area contributed by atoms with Crippen LogP contribution in [0.5, 0.6) is 11.5 Å². The van der Waals surface area contributed by atoms with E-state index in [0.717, 1.165) is 30.8 Å². The third kappa shape index (κ3) is 4.87. The second-order valence-electron chi connectivity index (χ2n) is 6.99. The zero-order chi connectivity index (χ0) is 20.1. The maximum absolute atomic E-state index is 12.5. The molecule has 8 nitrogen and oxygen atoms in total. The van der Waals surface area contributed by atoms with E-state index in [1.807, 2.05) is 4.90 Å². The van der Waals surface area contributed by atoms with E-state index in [-0.39, 0.29) is 17.9 Å². The average molecular weight is 413 g/mol. The van der Waals surface area contributed by atoms with Crippen molar-refractivity contribution in [3.63, 3.8) is 0 Å². The number of hydrogen-bond acceptors (Lipinski definition) is 5. The van der Waals surface area contributed by atoms with E-state index in [9.17, 15) is 9.59 Å². The molecule has 2 N–H and O–H groups in total. The molecule has 3 rings (SSSR count). The Hall–Kier alpha value is -2.03. The highest BCUT2D eigenvalue weighted by Gasteiger charge is 2.32. The van der Waals surface area contributed by atoms with Gasteiger partial charge < -0.3 is 29.3 Å². The molecule has 2 amide bonds. The Balaban J connectivity index is 1.51. The minimum atomic E-state index is -0.280. The Morgan fingerprint density at radius 1 is 1.25 bits per heavy atom. The molecule has 0 spiro atoms. The van der Waals surface area contributed by atoms with Gasteiger partial charge >= 0.3 is 0 Å². The first kappa shape index (κ1) is 20.7. The summed E-state index contributed by atoms with van der Waals surface area (Å²) < 4.78 is 16.0. The van der Waals surface area contributed by atoms with Gasteiger partial charge in [0.25, 0.3) is 11.8 Å². The number of methoxy groups -OCH3 is 2. The molecular weight excluding hydrogens is 386 g/mol. The van der Waals surface area contributed by atoms with Gasteiger partial charge in [0.1, 0.15) is 17.6 Å². The van der Waals surface area contributed by atoms with Crippen LogP contribution >= 0.6 is 11.6 Å². The van der Waals surface area contributed by atoms with Gasteiger partial charge in [-0.3, -0.25) is 9.59 Å². The Morgan fingerprint density at radius 3 is 2.57 bits per heavy atom. The number of amides is 2. The molecule has 28 heavy (non-hydrogen) atoms. The van der Waals surface area contributed by atoms with Gasteiger partial charge in [-0.05, 0) is 12.8 Å². The molecule has 0 aliphatic carbocycles. The lowest BCUT2D eigenvalue weighted by Crippen LogP contribution is -3.15. The number of ether oxygens (including phenoxy) is 3. The van der Waals surface area contributed by atoms with Gasteiger partial charge in [0, 0.05) is 18.7 Å². The number of anilines is 1. The van der Waals surface area contributed by atoms with Crippen LogP contribution in [0.15, 0.2) is 12.1 Å². The fourth-order valence-electron chi connectivity index (χ4n) is 3.58. The SMILES string of the molecule is COc1cc(NC(=O)C[NH+]2CCN(C(=O)[C@H]3CCCO3)CC2)c(OC)cc1Cl. The number of rotatable bonds is 6. The van der Waals surface area contributed by atoms with Gasteiger partial charge in [-0.25, -0.2) is 0 Å². The van der Waals surface area contributed by atoms with Crippen molar-refractivity contribution in [3.8, 4) is 11.5 Å². The van der Waals surface area contributed by atoms with Gasteiger partial charge in [0.2, 0.25) is 0 Å². The first-order chi connectivity index (χ1) is 13.5. The minimum Gasteiger partial charge on any atom is -0.495 e. The van der Waals surface area contributed by atoms with Crippen LogP contribution < -0.4 is 19.7 Å². The summed E-state index contributed by atoms with van der Waals surface area (Å²) >= 11 is 6.10. The van der Waals surface area contributed by atoms with Crippen molar-refractivity contribution in [2.24, 2.45) is 0 Å². The minimum absolute atomic E-state index is 0.0824. The summed E-state index contributed by atoms with van der Waals surface area (Å²) in [7, 11) is 3.03. The predicted octanol–water partition coefficient (Wildman–Crippen LogP) is 0.202. The summed E-state index contributed by atoms with van der Waals surface area (Å²) in [4.78, 5) is 27.9. The standard InChI is InChI=1S/C19H26ClN3O5/c1-26-16-11-14(17(27-2)10-13(16)20)21-18(24)12-22-5-7-23(8-6-22)19(25)15-4-3-9-28-15/h10-11,15H,3-9,12H2,1-2H3,(H,21,24)/p+1/t15-/m1/s1. The Kier molecular flexibility index (Phi) is 6.98. The number of carbonyl (C=O) groups excluding carboxylic acids is 2. The van der Waals surface area contributed by atoms with Crippen molar-refractivity contribution < 1.29 is 28.7 Å². The van der Waals surface area contributed by atoms with E-state index in [2.05, 4.69) is 5.32 Å². The van der Waals surface area contributed by atoms with E-state index in [1.165, 1.54) is 14.2 Å². The Morgan fingerprint density at radius 2 is 1.96 bits per heavy atom. The number of nitrogens with one attached hydrogen (secondary N) is 2. The topological polar surface area (TPSA) is 81.5 Å². The van der Waals surface area contributed by atoms with Crippen molar-refractivity contribution in [1.82, 2.24) is 4.90 Å². The van der Waals surface area contributed by atoms with Crippen LogP contribution in [0.25, 0.3) is 0 Å². The van der Waals surface area contributed by atoms with Crippen LogP contribution in [0.4, 0.5) is 5.69 Å². The van der Waals surface area contributed by atoms with Crippen molar-refractivity contribution in [2.45, 2.75) is 18.9 Å². The maximum atomic E-state index is 12.5. The van der Waals surface area contributed by atoms with E-state index in [1.54, 1.807) is 12.1 Å². The third-order valence-electron chi connectivity index (χ3n) is 5.15. The normalized spacial score (nSPS) is 20.1. The molecule has 9 heteroatoms. The van der Waals surface area contributed by atoms with Gasteiger partial charge in [-0.15, -0.1) is 0 Å². The quantitative estimate of drug-likeness (QED) is 0.697. The van der Waals surface area contributed by atoms with Crippen LogP contribution in [0, 0.1) is 0 Å². The largest absolute Gasteiger partial charge is 0.495 e. The van der Waals surface area contributed by atoms with Crippen molar-refractivity contribution >= 4 is 29.1 Å². The summed E-state index contributed by atoms with van der Waals surface area (Å²) in [6.45, 7) is 3.72. The first-order valence-corrected chi connectivity index (χ1v) is 9.85. The first-order valence-electron chi connectivity index (χ1n) is 9.47. The van der Waals surface area contributed by atoms with E-state index < -0.39 is 0 Å². The number of nitrogens with zero attached hydrogens (tertiary/aromatic N) is 1. The van der Waals surface area contributed by atoms with Crippen molar-refractivity contribution in [2.75, 3.05) is 58.9 Å². The second kappa shape index (κ2) is 9.45. The van der Waals surface area contributed by atoms with E-state index in [4.69, 9.17) is 25.8 Å². The number of quaternary nitrogens is 1. The lowest BCUT2D eigenvalue weighted by molar-refractivity contribution is -0.895. The second-order valence-corrected chi connectivity index (χ2v) is 7.40. The molecule has 1 aromatic rings. The highest BCUT2D eigenvalue weighted by atomic mass is 35.5. The number of halogens is 1. The summed E-state index contributed by atoms with van der Waals surface area (Å²) in [5.41, 5.74) is 0.514. The van der Waals surface area contributed by atoms with Crippen LogP contribution in [-0.2, 0) is 14.3 Å². The van der Waals surface area contributed by atoms with Crippen LogP contribution in [-0.4, -0.2) is 76.4 Å². The van der Waals surface area contributed by atoms with E-state index >= 15 is 0 Å². The fraction of sp³-hybridized carbons (Fsp3) is 0.579. The van der Waals surface area contributed by atoms with Gasteiger partial charge in [-0.2, -0.15) is 0 Å². The molecule has 1 atom stereocenters. The summed E-state index contributed by atoms with van der Waals surface area (Å²) in [6, 6.07) is 3.25. The number of piperazine rings is 1. The zero-order valence-electron chi connectivity index (χ0n) is 16.3. The van der Waals surface area contributed by atoms with Crippen LogP contribution in [0.1, 0.15) is 12.8 Å². The average Bonchev–Trinajstić information content (AvgIpc) is 3.23. The molecule has 2 saturated heterocycles. The lowest BCUT2D eigenvalue weighted by atomic mass is 10.2. The van der Waals surface area contributed by atoms with Gasteiger partial charge in [0.05, 0.1) is 51.1 Å². The maximum Gasteiger partial charge on any atom is 0.279 e. The zero-order valence-corrected chi connectivity index (χ0v) is 17.0. The smallest absolute Gasteiger partial charge is 0.279 e. The summed E-state index contributed by atoms with van der Waals surface area (Å²) in [6.07, 6.45) is 1.47. The van der Waals surface area contributed by atoms with Crippen LogP contribution in [0.3, 0.4) is 0 Å². The molecule has 0 saturated carbocycles. The molecule has 2 aliphatic heterocycles. The summed E-state index contributed by atoms with van der Waals surface area (Å²) in [5, 5.41) is 3.28. The molecule has 2 aliphatic rings.